The van der Waals surface area contributed by atoms with Gasteiger partial charge in [-0.15, -0.1) is 0 Å². The molecule has 76 heavy (non-hydrogen) atoms. The molecule has 36 nitrogen and oxygen atoms in total. The van der Waals surface area contributed by atoms with E-state index in [1.807, 2.05) is 4.98 Å². The maximum Gasteiger partial charge on any atom is 0.490 e. The number of aromatic nitrogens is 10. The van der Waals surface area contributed by atoms with E-state index in [0.717, 1.165) is 41.2 Å². The number of aliphatic hydroxyl groups is 3. The number of nitrogen functional groups attached to an aromatic ring is 2. The Morgan fingerprint density at radius 1 is 0.855 bits per heavy atom. The quantitative estimate of drug-likeness (QED) is 0.0172. The second-order valence-electron chi connectivity index (χ2n) is 17.0. The van der Waals surface area contributed by atoms with Crippen molar-refractivity contribution in [3.8, 4) is 0 Å². The Bertz CT molecular complexity index is 3340. The fraction of sp³-hybridized carbons (Fsp3) is 0.556. The Morgan fingerprint density at radius 2 is 1.53 bits per heavy atom. The van der Waals surface area contributed by atoms with Crippen molar-refractivity contribution in [2.45, 2.75) is 80.0 Å². The van der Waals surface area contributed by atoms with Gasteiger partial charge in [0.25, 0.3) is 17.1 Å². The van der Waals surface area contributed by atoms with E-state index < -0.39 is 141 Å². The van der Waals surface area contributed by atoms with E-state index in [1.165, 1.54) is 28.6 Å². The molecule has 8 heterocycles. The third-order valence-electron chi connectivity index (χ3n) is 12.2. The minimum Gasteiger partial charge on any atom is -0.778 e. The molecule has 0 aliphatic carbocycles. The van der Waals surface area contributed by atoms with Gasteiger partial charge in [0.05, 0.1) is 50.6 Å². The molecule has 0 bridgehead atoms. The number of aromatic amines is 2. The summed E-state index contributed by atoms with van der Waals surface area (Å²) in [6.45, 7) is 0.423. The summed E-state index contributed by atoms with van der Waals surface area (Å²) in [5.41, 5.74) is 7.15. The van der Waals surface area contributed by atoms with E-state index in [9.17, 15) is 67.5 Å². The molecule has 5 unspecified atom stereocenters. The third-order valence-corrected chi connectivity index (χ3v) is 18.3. The van der Waals surface area contributed by atoms with Crippen LogP contribution in [-0.2, 0) is 70.7 Å². The van der Waals surface area contributed by atoms with Gasteiger partial charge in [-0.1, -0.05) is 17.6 Å². The van der Waals surface area contributed by atoms with E-state index in [0.29, 0.717) is 0 Å². The number of rotatable bonds is 23. The summed E-state index contributed by atoms with van der Waals surface area (Å²) in [4.78, 5) is 103. The van der Waals surface area contributed by atoms with Gasteiger partial charge in [0, 0.05) is 39.0 Å². The molecule has 12 N–H and O–H groups in total. The van der Waals surface area contributed by atoms with E-state index >= 15 is 0 Å². The maximum atomic E-state index is 14.2. The Balaban J connectivity index is 0.962. The van der Waals surface area contributed by atoms with Gasteiger partial charge in [-0.25, -0.2) is 38.0 Å². The Kier molecular flexibility index (Phi) is 17.0. The van der Waals surface area contributed by atoms with Gasteiger partial charge in [0.1, 0.15) is 50.0 Å². The number of nitrogens with one attached hydrogen (secondary N) is 2. The zero-order chi connectivity index (χ0) is 55.2. The molecule has 0 radical (unpaired) electrons. The predicted octanol–water partition coefficient (Wildman–Crippen LogP) is -3.50. The molecule has 0 amide bonds. The lowest BCUT2D eigenvalue weighted by atomic mass is 9.95. The van der Waals surface area contributed by atoms with Crippen LogP contribution in [-0.4, -0.2) is 163 Å². The number of nitrogens with zero attached hydrogens (tertiary/aromatic N) is 8. The normalized spacial score (nSPS) is 30.1. The number of fused-ring (bicyclic) bond motifs is 2. The van der Waals surface area contributed by atoms with Crippen molar-refractivity contribution in [1.82, 2.24) is 43.6 Å². The lowest BCUT2D eigenvalue weighted by Gasteiger charge is -2.35. The van der Waals surface area contributed by atoms with E-state index in [-0.39, 0.29) is 53.7 Å². The summed E-state index contributed by atoms with van der Waals surface area (Å²) >= 11 is 0. The zero-order valence-corrected chi connectivity index (χ0v) is 43.0. The summed E-state index contributed by atoms with van der Waals surface area (Å²) in [7, 11) is -21.2. The molecule has 0 spiro atoms. The van der Waals surface area contributed by atoms with Crippen molar-refractivity contribution in [2.75, 3.05) is 52.1 Å². The first kappa shape index (κ1) is 57.3. The molecule has 8 rings (SSSR count). The van der Waals surface area contributed by atoms with Gasteiger partial charge in [0.15, 0.2) is 30.2 Å². The molecule has 3 aliphatic rings. The average molecular weight is 1160 g/mol. The molecule has 5 aromatic rings. The van der Waals surface area contributed by atoms with Crippen LogP contribution >= 0.6 is 31.1 Å². The van der Waals surface area contributed by atoms with Crippen LogP contribution in [0.2, 0.25) is 0 Å². The molecule has 16 atom stereocenters. The molecule has 0 aromatic carbocycles. The van der Waals surface area contributed by atoms with Crippen molar-refractivity contribution in [2.24, 2.45) is 5.92 Å². The van der Waals surface area contributed by atoms with Gasteiger partial charge in [-0.05, 0) is 6.42 Å². The summed E-state index contributed by atoms with van der Waals surface area (Å²) in [6.07, 6.45) is -10.4. The number of phosphoric ester groups is 2. The number of methoxy groups -OCH3 is 2. The number of ether oxygens (including phenoxy) is 5. The predicted molar refractivity (Wildman–Crippen MR) is 248 cm³/mol. The number of hydrogen-bond donors (Lipinski definition) is 10. The van der Waals surface area contributed by atoms with Crippen LogP contribution in [0.15, 0.2) is 58.3 Å². The molecule has 40 heteroatoms. The minimum absolute atomic E-state index is 0.0140. The van der Waals surface area contributed by atoms with E-state index in [2.05, 4.69) is 40.1 Å². The molecular weight excluding hydrogens is 1110 g/mol. The number of aliphatic hydroxyl groups excluding tert-OH is 3. The number of anilines is 2. The SMILES string of the molecule is C=CCn1c[n+]([C@@H]2O[C@H](COP(=O)(O)OP(=O)(O)OP(=O)(O)OCC3O[C@@H](n4cnc5c(N)ncnc54)[C@H](OC)[C@@H]3P(=O)([O-])OC[C@H]3O[C@@H](n4ccc(=O)[nH]c4=O)[C@H](O)[C@@H]3O)[C@@H](CCOC)[C@H]2O)c2nc(N)[nH]c(=O)c21. The first-order valence-corrected chi connectivity index (χ1v) is 28.2. The van der Waals surface area contributed by atoms with Crippen LogP contribution < -0.4 is 37.7 Å². The molecule has 5 aromatic heterocycles. The molecular formula is C36H50N12O24P4. The second-order valence-corrected chi connectivity index (χ2v) is 23.6. The number of phosphoric acid groups is 3. The number of allylic oxidation sites excluding steroid dienone is 1. The second kappa shape index (κ2) is 22.5. The first-order chi connectivity index (χ1) is 35.8. The molecule has 3 aliphatic heterocycles. The standard InChI is InChI=1S/C36H50N12O24P4/c1-4-7-45-15-48(30-22(45)31(53)44-35(38)43-30)32-23(50)16(6-9-63-2)17(68-32)10-66-74(57,58)71-76(61,62)72-75(59,60)67-12-19-27(26(64-3)34(70-19)47-14-41-21-28(37)39-13-40-29(21)47)73(55,56)65-11-18-24(51)25(52)33(69-18)46-8-5-20(49)42-36(46)54/h4-5,8,13-19,23-27,32-34,50-52H,1,6-7,9-12H2,2-3H3,(H9-,37,38,39,40,42,43,44,49,53,54,55,56,57,58,59,60,61,62)/t16-,17-,18-,19?,23-,24-,25-,26-,27-,32-,33-,34-/m1/s1. The van der Waals surface area contributed by atoms with E-state index in [1.54, 1.807) is 0 Å². The fourth-order valence-electron chi connectivity index (χ4n) is 8.85. The topological polar surface area (TPSA) is 510 Å². The summed E-state index contributed by atoms with van der Waals surface area (Å²) in [5.74, 6) is -1.35. The highest BCUT2D eigenvalue weighted by Crippen LogP contribution is 2.68. The number of imidazole rings is 2. The van der Waals surface area contributed by atoms with Crippen LogP contribution in [0.4, 0.5) is 11.8 Å². The number of hydrogen-bond acceptors (Lipinski definition) is 27. The molecule has 3 fully saturated rings. The van der Waals surface area contributed by atoms with E-state index in [4.69, 9.17) is 48.7 Å². The highest BCUT2D eigenvalue weighted by atomic mass is 31.3. The number of nitrogens with two attached hydrogens (primary N) is 2. The average Bonchev–Trinajstić information content (AvgIpc) is 4.18. The first-order valence-electron chi connectivity index (χ1n) is 22.1. The molecule has 3 saturated heterocycles. The highest BCUT2D eigenvalue weighted by Gasteiger charge is 2.55. The summed E-state index contributed by atoms with van der Waals surface area (Å²) in [5, 5.41) is 32.9. The van der Waals surface area contributed by atoms with Crippen molar-refractivity contribution >= 4 is 65.2 Å². The van der Waals surface area contributed by atoms with Crippen molar-refractivity contribution < 1.29 is 104 Å². The molecule has 418 valence electrons. The fourth-order valence-corrected chi connectivity index (χ4v) is 14.1. The van der Waals surface area contributed by atoms with Crippen molar-refractivity contribution in [3.05, 3.63) is 75.1 Å². The van der Waals surface area contributed by atoms with Gasteiger partial charge in [-0.3, -0.25) is 42.3 Å². The smallest absolute Gasteiger partial charge is 0.490 e. The van der Waals surface area contributed by atoms with Gasteiger partial charge in [0.2, 0.25) is 11.7 Å². The van der Waals surface area contributed by atoms with Crippen LogP contribution in [0.25, 0.3) is 22.3 Å². The maximum absolute atomic E-state index is 14.2. The van der Waals surface area contributed by atoms with Crippen LogP contribution in [0.3, 0.4) is 0 Å². The molecule has 0 saturated carbocycles. The monoisotopic (exact) mass is 1160 g/mol. The summed E-state index contributed by atoms with van der Waals surface area (Å²) < 4.78 is 110. The van der Waals surface area contributed by atoms with Crippen LogP contribution in [0, 0.1) is 5.92 Å². The highest BCUT2D eigenvalue weighted by molar-refractivity contribution is 7.66. The van der Waals surface area contributed by atoms with Gasteiger partial charge < -0.3 is 79.1 Å². The zero-order valence-electron chi connectivity index (χ0n) is 39.4. The Morgan fingerprint density at radius 3 is 2.18 bits per heavy atom. The van der Waals surface area contributed by atoms with Crippen molar-refractivity contribution in [3.63, 3.8) is 0 Å². The minimum atomic E-state index is -6.22. The lowest BCUT2D eigenvalue weighted by Crippen LogP contribution is -2.45. The lowest BCUT2D eigenvalue weighted by molar-refractivity contribution is -0.745. The van der Waals surface area contributed by atoms with Gasteiger partial charge >= 0.3 is 34.8 Å². The summed E-state index contributed by atoms with van der Waals surface area (Å²) in [6, 6.07) is 0.917. The Labute approximate surface area is 424 Å². The van der Waals surface area contributed by atoms with Crippen LogP contribution in [0.1, 0.15) is 25.1 Å². The third kappa shape index (κ3) is 11.9. The largest absolute Gasteiger partial charge is 0.778 e. The van der Waals surface area contributed by atoms with Gasteiger partial charge in [-0.2, -0.15) is 8.62 Å². The van der Waals surface area contributed by atoms with Crippen LogP contribution in [0.5, 0.6) is 0 Å². The Hall–Kier alpha value is -4.84. The number of H-pyrrole nitrogens is 2. The van der Waals surface area contributed by atoms with Crippen molar-refractivity contribution in [1.29, 1.82) is 0 Å².